The number of benzene rings is 1. The van der Waals surface area contributed by atoms with Crippen molar-refractivity contribution < 1.29 is 4.79 Å². The summed E-state index contributed by atoms with van der Waals surface area (Å²) in [4.78, 5) is 20.0. The van der Waals surface area contributed by atoms with Crippen molar-refractivity contribution in [2.45, 2.75) is 38.6 Å². The molecule has 1 saturated carbocycles. The fourth-order valence-electron chi connectivity index (χ4n) is 3.62. The molecular weight excluding hydrogens is 350 g/mol. The molecule has 3 aromatic rings. The summed E-state index contributed by atoms with van der Waals surface area (Å²) in [6.07, 6.45) is 2.30. The first-order chi connectivity index (χ1) is 13.5. The van der Waals surface area contributed by atoms with Crippen LogP contribution in [0, 0.1) is 6.92 Å². The maximum absolute atomic E-state index is 13.1. The van der Waals surface area contributed by atoms with Gasteiger partial charge in [0, 0.05) is 44.0 Å². The Hall–Kier alpha value is -2.89. The minimum Gasteiger partial charge on any atom is -0.370 e. The summed E-state index contributed by atoms with van der Waals surface area (Å²) in [5, 5.41) is 8.46. The Balaban J connectivity index is 1.55. The number of pyridine rings is 1. The second kappa shape index (κ2) is 7.26. The zero-order valence-corrected chi connectivity index (χ0v) is 16.9. The normalized spacial score (nSPS) is 14.9. The van der Waals surface area contributed by atoms with Gasteiger partial charge in [-0.1, -0.05) is 18.2 Å². The van der Waals surface area contributed by atoms with Crippen molar-refractivity contribution in [2.24, 2.45) is 7.05 Å². The van der Waals surface area contributed by atoms with Crippen molar-refractivity contribution >= 4 is 22.6 Å². The fraction of sp³-hybridized carbons (Fsp3) is 0.409. The highest BCUT2D eigenvalue weighted by atomic mass is 16.1. The van der Waals surface area contributed by atoms with Crippen LogP contribution in [0.15, 0.2) is 36.4 Å². The SMILES string of the molecule is Cc1nn(C)c2nc(C3CC3)cc(C(=O)NCC(C)N(C)c3ccccc3)c12. The second-order valence-electron chi connectivity index (χ2n) is 7.78. The number of hydrogen-bond acceptors (Lipinski definition) is 4. The summed E-state index contributed by atoms with van der Waals surface area (Å²) < 4.78 is 1.78. The van der Waals surface area contributed by atoms with Crippen LogP contribution >= 0.6 is 0 Å². The van der Waals surface area contributed by atoms with Gasteiger partial charge in [-0.25, -0.2) is 4.98 Å². The van der Waals surface area contributed by atoms with Gasteiger partial charge in [-0.2, -0.15) is 5.10 Å². The van der Waals surface area contributed by atoms with Crippen LogP contribution in [-0.2, 0) is 7.05 Å². The number of carbonyl (C=O) groups excluding carboxylic acids is 1. The largest absolute Gasteiger partial charge is 0.370 e. The molecule has 2 aromatic heterocycles. The molecule has 6 heteroatoms. The molecule has 1 unspecified atom stereocenters. The highest BCUT2D eigenvalue weighted by Crippen LogP contribution is 2.40. The van der Waals surface area contributed by atoms with Crippen molar-refractivity contribution in [3.05, 3.63) is 53.3 Å². The summed E-state index contributed by atoms with van der Waals surface area (Å²) in [5.74, 6) is 0.424. The summed E-state index contributed by atoms with van der Waals surface area (Å²) in [5.41, 5.74) is 4.46. The third kappa shape index (κ3) is 3.46. The third-order valence-electron chi connectivity index (χ3n) is 5.61. The van der Waals surface area contributed by atoms with Crippen LogP contribution in [0.2, 0.25) is 0 Å². The number of nitrogens with zero attached hydrogens (tertiary/aromatic N) is 4. The number of para-hydroxylation sites is 1. The monoisotopic (exact) mass is 377 g/mol. The predicted molar refractivity (Wildman–Crippen MR) is 112 cm³/mol. The lowest BCUT2D eigenvalue weighted by Crippen LogP contribution is -2.40. The molecule has 1 atom stereocenters. The zero-order valence-electron chi connectivity index (χ0n) is 16.9. The quantitative estimate of drug-likeness (QED) is 0.715. The van der Waals surface area contributed by atoms with Gasteiger partial charge in [-0.3, -0.25) is 9.48 Å². The number of hydrogen-bond donors (Lipinski definition) is 1. The van der Waals surface area contributed by atoms with Gasteiger partial charge in [0.05, 0.1) is 16.6 Å². The summed E-state index contributed by atoms with van der Waals surface area (Å²) in [6, 6.07) is 12.3. The average Bonchev–Trinajstić information content (AvgIpc) is 3.52. The first-order valence-corrected chi connectivity index (χ1v) is 9.86. The van der Waals surface area contributed by atoms with Crippen LogP contribution in [-0.4, -0.2) is 40.3 Å². The van der Waals surface area contributed by atoms with Gasteiger partial charge in [0.15, 0.2) is 5.65 Å². The van der Waals surface area contributed by atoms with E-state index >= 15 is 0 Å². The number of aryl methyl sites for hydroxylation is 2. The Morgan fingerprint density at radius 2 is 2.04 bits per heavy atom. The number of carbonyl (C=O) groups is 1. The number of likely N-dealkylation sites (N-methyl/N-ethyl adjacent to an activating group) is 1. The van der Waals surface area contributed by atoms with E-state index in [1.54, 1.807) is 4.68 Å². The molecule has 1 aromatic carbocycles. The van der Waals surface area contributed by atoms with Crippen molar-refractivity contribution in [1.82, 2.24) is 20.1 Å². The predicted octanol–water partition coefficient (Wildman–Crippen LogP) is 3.41. The smallest absolute Gasteiger partial charge is 0.252 e. The average molecular weight is 377 g/mol. The summed E-state index contributed by atoms with van der Waals surface area (Å²) in [6.45, 7) is 4.61. The van der Waals surface area contributed by atoms with E-state index in [0.717, 1.165) is 41.0 Å². The minimum atomic E-state index is -0.0567. The fourth-order valence-corrected chi connectivity index (χ4v) is 3.62. The lowest BCUT2D eigenvalue weighted by Gasteiger charge is -2.27. The van der Waals surface area contributed by atoms with Gasteiger partial charge in [-0.15, -0.1) is 0 Å². The molecule has 0 spiro atoms. The van der Waals surface area contributed by atoms with E-state index in [-0.39, 0.29) is 11.9 Å². The molecule has 0 bridgehead atoms. The van der Waals surface area contributed by atoms with Crippen LogP contribution in [0.1, 0.15) is 47.4 Å². The Morgan fingerprint density at radius 1 is 1.32 bits per heavy atom. The highest BCUT2D eigenvalue weighted by molar-refractivity contribution is 6.06. The molecule has 1 aliphatic rings. The van der Waals surface area contributed by atoms with E-state index < -0.39 is 0 Å². The third-order valence-corrected chi connectivity index (χ3v) is 5.61. The van der Waals surface area contributed by atoms with Gasteiger partial charge in [0.25, 0.3) is 5.91 Å². The molecule has 146 valence electrons. The van der Waals surface area contributed by atoms with Crippen LogP contribution in [0.4, 0.5) is 5.69 Å². The maximum Gasteiger partial charge on any atom is 0.252 e. The van der Waals surface area contributed by atoms with Gasteiger partial charge in [0.1, 0.15) is 0 Å². The molecule has 0 aliphatic heterocycles. The van der Waals surface area contributed by atoms with Crippen molar-refractivity contribution in [1.29, 1.82) is 0 Å². The van der Waals surface area contributed by atoms with Crippen molar-refractivity contribution in [3.8, 4) is 0 Å². The Bertz CT molecular complexity index is 1010. The van der Waals surface area contributed by atoms with Crippen molar-refractivity contribution in [3.63, 3.8) is 0 Å². The molecular formula is C22H27N5O. The minimum absolute atomic E-state index is 0.0567. The number of aromatic nitrogens is 3. The molecule has 6 nitrogen and oxygen atoms in total. The number of amides is 1. The maximum atomic E-state index is 13.1. The van der Waals surface area contributed by atoms with E-state index in [4.69, 9.17) is 4.98 Å². The van der Waals surface area contributed by atoms with Gasteiger partial charge in [-0.05, 0) is 44.9 Å². The van der Waals surface area contributed by atoms with Gasteiger partial charge >= 0.3 is 0 Å². The molecule has 4 rings (SSSR count). The second-order valence-corrected chi connectivity index (χ2v) is 7.78. The Labute approximate surface area is 165 Å². The number of fused-ring (bicyclic) bond motifs is 1. The molecule has 1 amide bonds. The number of nitrogens with one attached hydrogen (secondary N) is 1. The van der Waals surface area contributed by atoms with E-state index in [1.165, 1.54) is 0 Å². The highest BCUT2D eigenvalue weighted by Gasteiger charge is 2.28. The zero-order chi connectivity index (χ0) is 19.8. The molecule has 1 N–H and O–H groups in total. The van der Waals surface area contributed by atoms with E-state index in [2.05, 4.69) is 34.4 Å². The molecule has 2 heterocycles. The number of rotatable bonds is 6. The standard InChI is InChI=1S/C22H27N5O/c1-14(26(3)17-8-6-5-7-9-17)13-23-22(28)18-12-19(16-10-11-16)24-21-20(18)15(2)25-27(21)4/h5-9,12,14,16H,10-11,13H2,1-4H3,(H,23,28). The number of anilines is 1. The van der Waals surface area contributed by atoms with E-state index in [0.29, 0.717) is 18.0 Å². The van der Waals surface area contributed by atoms with Gasteiger partial charge in [0.2, 0.25) is 0 Å². The van der Waals surface area contributed by atoms with Crippen LogP contribution in [0.3, 0.4) is 0 Å². The first-order valence-electron chi connectivity index (χ1n) is 9.86. The molecule has 1 aliphatic carbocycles. The topological polar surface area (TPSA) is 63.1 Å². The molecule has 0 radical (unpaired) electrons. The lowest BCUT2D eigenvalue weighted by atomic mass is 10.1. The summed E-state index contributed by atoms with van der Waals surface area (Å²) >= 11 is 0. The van der Waals surface area contributed by atoms with Gasteiger partial charge < -0.3 is 10.2 Å². The van der Waals surface area contributed by atoms with Crippen LogP contribution < -0.4 is 10.2 Å². The van der Waals surface area contributed by atoms with E-state index in [9.17, 15) is 4.79 Å². The van der Waals surface area contributed by atoms with E-state index in [1.807, 2.05) is 45.3 Å². The van der Waals surface area contributed by atoms with Crippen LogP contribution in [0.5, 0.6) is 0 Å². The van der Waals surface area contributed by atoms with Crippen LogP contribution in [0.25, 0.3) is 11.0 Å². The summed E-state index contributed by atoms with van der Waals surface area (Å²) in [7, 11) is 3.94. The Kier molecular flexibility index (Phi) is 4.79. The molecule has 1 fully saturated rings. The molecule has 0 saturated heterocycles. The first kappa shape index (κ1) is 18.5. The Morgan fingerprint density at radius 3 is 2.71 bits per heavy atom. The lowest BCUT2D eigenvalue weighted by molar-refractivity contribution is 0.0953. The molecule has 28 heavy (non-hydrogen) atoms. The van der Waals surface area contributed by atoms with Crippen molar-refractivity contribution in [2.75, 3.05) is 18.5 Å².